The van der Waals surface area contributed by atoms with E-state index in [0.717, 1.165) is 31.5 Å². The Morgan fingerprint density at radius 1 is 1.17 bits per heavy atom. The van der Waals surface area contributed by atoms with Crippen molar-refractivity contribution < 1.29 is 13.2 Å². The van der Waals surface area contributed by atoms with E-state index in [4.69, 9.17) is 0 Å². The molecule has 1 aliphatic heterocycles. The summed E-state index contributed by atoms with van der Waals surface area (Å²) in [5.74, 6) is 0. The Morgan fingerprint density at radius 3 is 2.43 bits per heavy atom. The molecule has 0 aromatic heterocycles. The van der Waals surface area contributed by atoms with Crippen molar-refractivity contribution in [2.45, 2.75) is 58.2 Å². The third-order valence-corrected chi connectivity index (χ3v) is 5.13. The Balaban J connectivity index is 2.21. The molecule has 0 aliphatic carbocycles. The zero-order valence-corrected chi connectivity index (χ0v) is 14.3. The van der Waals surface area contributed by atoms with Gasteiger partial charge < -0.3 is 10.2 Å². The largest absolute Gasteiger partial charge is 0.390 e. The molecule has 2 nitrogen and oxygen atoms in total. The third-order valence-electron chi connectivity index (χ3n) is 5.13. The van der Waals surface area contributed by atoms with Crippen LogP contribution in [0.5, 0.6) is 0 Å². The van der Waals surface area contributed by atoms with E-state index in [1.54, 1.807) is 0 Å². The number of fused-ring (bicyclic) bond motifs is 1. The van der Waals surface area contributed by atoms with Crippen molar-refractivity contribution in [2.75, 3.05) is 24.5 Å². The molecule has 0 saturated carbocycles. The highest BCUT2D eigenvalue weighted by Gasteiger charge is 2.40. The van der Waals surface area contributed by atoms with E-state index in [1.807, 2.05) is 6.07 Å². The number of hydrogen-bond donors (Lipinski definition) is 1. The fourth-order valence-electron chi connectivity index (χ4n) is 3.70. The van der Waals surface area contributed by atoms with Crippen molar-refractivity contribution in [1.29, 1.82) is 0 Å². The smallest absolute Gasteiger partial charge is 0.371 e. The number of likely N-dealkylation sites (N-methyl/N-ethyl adjacent to an activating group) is 1. The van der Waals surface area contributed by atoms with Crippen LogP contribution in [0.4, 0.5) is 18.9 Å². The minimum atomic E-state index is -4.10. The minimum Gasteiger partial charge on any atom is -0.371 e. The molecule has 1 aromatic carbocycles. The summed E-state index contributed by atoms with van der Waals surface area (Å²) < 4.78 is 36.9. The van der Waals surface area contributed by atoms with Crippen LogP contribution in [0, 0.1) is 0 Å². The molecule has 0 bridgehead atoms. The standard InChI is InChI=1S/C18H27F3N2/c1-4-17(5-2)13-23(6-3)15-9-7-8-14(16(15)17)12-22-11-10-18(19,20)21/h7-9,22H,4-6,10-13H2,1-3H3. The van der Waals surface area contributed by atoms with Crippen molar-refractivity contribution >= 4 is 5.69 Å². The molecule has 0 spiro atoms. The molecule has 0 unspecified atom stereocenters. The summed E-state index contributed by atoms with van der Waals surface area (Å²) in [4.78, 5) is 2.39. The van der Waals surface area contributed by atoms with Crippen molar-refractivity contribution in [3.63, 3.8) is 0 Å². The van der Waals surface area contributed by atoms with Crippen LogP contribution in [0.15, 0.2) is 18.2 Å². The third kappa shape index (κ3) is 3.82. The molecular formula is C18H27F3N2. The zero-order chi connectivity index (χ0) is 17.1. The summed E-state index contributed by atoms with van der Waals surface area (Å²) in [5.41, 5.74) is 3.86. The number of halogens is 3. The van der Waals surface area contributed by atoms with Gasteiger partial charge in [-0.15, -0.1) is 0 Å². The Bertz CT molecular complexity index is 521. The second-order valence-electron chi connectivity index (χ2n) is 6.35. The molecule has 23 heavy (non-hydrogen) atoms. The number of hydrogen-bond acceptors (Lipinski definition) is 2. The monoisotopic (exact) mass is 328 g/mol. The SMILES string of the molecule is CCN1CC(CC)(CC)c2c(CNCCC(F)(F)F)cccc21. The topological polar surface area (TPSA) is 15.3 Å². The van der Waals surface area contributed by atoms with E-state index in [1.165, 1.54) is 11.3 Å². The number of alkyl halides is 3. The van der Waals surface area contributed by atoms with Gasteiger partial charge in [-0.25, -0.2) is 0 Å². The van der Waals surface area contributed by atoms with Crippen molar-refractivity contribution in [2.24, 2.45) is 0 Å². The molecule has 1 aliphatic rings. The first-order valence-electron chi connectivity index (χ1n) is 8.51. The van der Waals surface area contributed by atoms with E-state index >= 15 is 0 Å². The summed E-state index contributed by atoms with van der Waals surface area (Å²) in [6.45, 7) is 9.00. The molecule has 130 valence electrons. The van der Waals surface area contributed by atoms with E-state index in [9.17, 15) is 13.2 Å². The lowest BCUT2D eigenvalue weighted by Gasteiger charge is -2.29. The maximum Gasteiger partial charge on any atom is 0.390 e. The van der Waals surface area contributed by atoms with Crippen LogP contribution in [0.2, 0.25) is 0 Å². The quantitative estimate of drug-likeness (QED) is 0.734. The van der Waals surface area contributed by atoms with Gasteiger partial charge in [-0.3, -0.25) is 0 Å². The summed E-state index contributed by atoms with van der Waals surface area (Å²) >= 11 is 0. The Morgan fingerprint density at radius 2 is 1.87 bits per heavy atom. The van der Waals surface area contributed by atoms with Crippen molar-refractivity contribution in [3.05, 3.63) is 29.3 Å². The fraction of sp³-hybridized carbons (Fsp3) is 0.667. The number of benzene rings is 1. The van der Waals surface area contributed by atoms with Gasteiger partial charge in [-0.2, -0.15) is 13.2 Å². The molecule has 0 fully saturated rings. The number of anilines is 1. The zero-order valence-electron chi connectivity index (χ0n) is 14.3. The first kappa shape index (κ1) is 18.1. The Kier molecular flexibility index (Phi) is 5.61. The molecule has 5 heteroatoms. The average Bonchev–Trinajstić information content (AvgIpc) is 2.86. The van der Waals surface area contributed by atoms with Gasteiger partial charge in [0.05, 0.1) is 6.42 Å². The molecule has 0 amide bonds. The number of nitrogens with zero attached hydrogens (tertiary/aromatic N) is 1. The van der Waals surface area contributed by atoms with Gasteiger partial charge >= 0.3 is 6.18 Å². The highest BCUT2D eigenvalue weighted by Crippen LogP contribution is 2.46. The molecule has 2 rings (SSSR count). The van der Waals surface area contributed by atoms with E-state index in [2.05, 4.69) is 43.1 Å². The lowest BCUT2D eigenvalue weighted by atomic mass is 9.75. The lowest BCUT2D eigenvalue weighted by Crippen LogP contribution is -2.33. The first-order chi connectivity index (χ1) is 10.9. The number of nitrogens with one attached hydrogen (secondary N) is 1. The van der Waals surface area contributed by atoms with Gasteiger partial charge in [0, 0.05) is 37.3 Å². The molecule has 0 radical (unpaired) electrons. The highest BCUT2D eigenvalue weighted by atomic mass is 19.4. The van der Waals surface area contributed by atoms with Crippen LogP contribution < -0.4 is 10.2 Å². The van der Waals surface area contributed by atoms with Crippen LogP contribution in [0.1, 0.15) is 51.2 Å². The van der Waals surface area contributed by atoms with Crippen LogP contribution in [-0.2, 0) is 12.0 Å². The maximum absolute atomic E-state index is 12.3. The van der Waals surface area contributed by atoms with Gasteiger partial charge in [0.2, 0.25) is 0 Å². The van der Waals surface area contributed by atoms with Gasteiger partial charge in [0.1, 0.15) is 0 Å². The second-order valence-corrected chi connectivity index (χ2v) is 6.35. The lowest BCUT2D eigenvalue weighted by molar-refractivity contribution is -0.133. The van der Waals surface area contributed by atoms with E-state index in [-0.39, 0.29) is 12.0 Å². The van der Waals surface area contributed by atoms with Crippen LogP contribution in [-0.4, -0.2) is 25.8 Å². The van der Waals surface area contributed by atoms with Crippen molar-refractivity contribution in [1.82, 2.24) is 5.32 Å². The Labute approximate surface area is 137 Å². The van der Waals surface area contributed by atoms with Crippen molar-refractivity contribution in [3.8, 4) is 0 Å². The summed E-state index contributed by atoms with van der Waals surface area (Å²) in [6, 6.07) is 6.22. The van der Waals surface area contributed by atoms with Gasteiger partial charge in [-0.05, 0) is 37.0 Å². The summed E-state index contributed by atoms with van der Waals surface area (Å²) in [5, 5.41) is 2.97. The first-order valence-corrected chi connectivity index (χ1v) is 8.51. The molecule has 0 saturated heterocycles. The predicted molar refractivity (Wildman–Crippen MR) is 89.0 cm³/mol. The highest BCUT2D eigenvalue weighted by molar-refractivity contribution is 5.65. The van der Waals surface area contributed by atoms with Gasteiger partial charge in [0.25, 0.3) is 0 Å². The average molecular weight is 328 g/mol. The minimum absolute atomic E-state index is 0.0318. The molecule has 1 N–H and O–H groups in total. The summed E-state index contributed by atoms with van der Waals surface area (Å²) in [7, 11) is 0. The second kappa shape index (κ2) is 7.12. The Hall–Kier alpha value is -1.23. The van der Waals surface area contributed by atoms with Gasteiger partial charge in [0.15, 0.2) is 0 Å². The van der Waals surface area contributed by atoms with E-state index < -0.39 is 12.6 Å². The molecule has 0 atom stereocenters. The fourth-order valence-corrected chi connectivity index (χ4v) is 3.70. The van der Waals surface area contributed by atoms with E-state index in [0.29, 0.717) is 6.54 Å². The maximum atomic E-state index is 12.3. The van der Waals surface area contributed by atoms with Crippen LogP contribution in [0.25, 0.3) is 0 Å². The van der Waals surface area contributed by atoms with Crippen LogP contribution >= 0.6 is 0 Å². The molecule has 1 heterocycles. The molecular weight excluding hydrogens is 301 g/mol. The number of rotatable bonds is 7. The normalized spacial score (nSPS) is 16.7. The predicted octanol–water partition coefficient (Wildman–Crippen LogP) is 4.63. The molecule has 1 aromatic rings. The summed E-state index contributed by atoms with van der Waals surface area (Å²) in [6.07, 6.45) is -2.78. The van der Waals surface area contributed by atoms with Gasteiger partial charge in [-0.1, -0.05) is 26.0 Å². The van der Waals surface area contributed by atoms with Crippen LogP contribution in [0.3, 0.4) is 0 Å².